The fourth-order valence-corrected chi connectivity index (χ4v) is 1.93. The number of methoxy groups -OCH3 is 1. The van der Waals surface area contributed by atoms with Crippen LogP contribution in [0.1, 0.15) is 12.8 Å². The average Bonchev–Trinajstić information content (AvgIpc) is 2.41. The number of carboxylic acids is 1. The Hall–Kier alpha value is -1.34. The van der Waals surface area contributed by atoms with E-state index >= 15 is 0 Å². The topological polar surface area (TPSA) is 88.1 Å². The smallest absolute Gasteiger partial charge is 0.323 e. The molecule has 0 aromatic carbocycles. The van der Waals surface area contributed by atoms with Crippen LogP contribution in [0, 0.1) is 5.92 Å². The van der Waals surface area contributed by atoms with Gasteiger partial charge in [-0.15, -0.1) is 0 Å². The van der Waals surface area contributed by atoms with Gasteiger partial charge >= 0.3 is 12.0 Å². The molecule has 2 N–H and O–H groups in total. The third kappa shape index (κ3) is 6.40. The standard InChI is InChI=1S/C12H22N2O5/c1-18-6-4-14(8-11(15)16)12(17)13-7-10-3-2-5-19-9-10/h10H,2-9H2,1H3,(H,13,17)(H,15,16). The summed E-state index contributed by atoms with van der Waals surface area (Å²) in [6.45, 7) is 2.20. The number of nitrogens with one attached hydrogen (secondary N) is 1. The zero-order valence-electron chi connectivity index (χ0n) is 11.3. The summed E-state index contributed by atoms with van der Waals surface area (Å²) >= 11 is 0. The summed E-state index contributed by atoms with van der Waals surface area (Å²) in [6, 6.07) is -0.370. The van der Waals surface area contributed by atoms with Crippen molar-refractivity contribution in [2.45, 2.75) is 12.8 Å². The van der Waals surface area contributed by atoms with Crippen LogP contribution in [-0.2, 0) is 14.3 Å². The Labute approximate surface area is 112 Å². The van der Waals surface area contributed by atoms with Crippen molar-refractivity contribution >= 4 is 12.0 Å². The highest BCUT2D eigenvalue weighted by Crippen LogP contribution is 2.12. The predicted octanol–water partition coefficient (Wildman–Crippen LogP) is 0.156. The van der Waals surface area contributed by atoms with Gasteiger partial charge in [-0.2, -0.15) is 0 Å². The van der Waals surface area contributed by atoms with Gasteiger partial charge in [0, 0.05) is 26.8 Å². The van der Waals surface area contributed by atoms with Gasteiger partial charge in [-0.05, 0) is 18.8 Å². The van der Waals surface area contributed by atoms with Gasteiger partial charge in [-0.1, -0.05) is 0 Å². The fraction of sp³-hybridized carbons (Fsp3) is 0.833. The van der Waals surface area contributed by atoms with E-state index in [9.17, 15) is 9.59 Å². The maximum atomic E-state index is 11.9. The number of rotatable bonds is 7. The number of hydrogen-bond donors (Lipinski definition) is 2. The molecule has 1 fully saturated rings. The Bertz CT molecular complexity index is 292. The van der Waals surface area contributed by atoms with Gasteiger partial charge in [0.05, 0.1) is 13.2 Å². The summed E-state index contributed by atoms with van der Waals surface area (Å²) in [5.74, 6) is -0.723. The highest BCUT2D eigenvalue weighted by atomic mass is 16.5. The highest BCUT2D eigenvalue weighted by molar-refractivity contribution is 5.80. The molecule has 0 radical (unpaired) electrons. The summed E-state index contributed by atoms with van der Waals surface area (Å²) < 4.78 is 10.2. The predicted molar refractivity (Wildman–Crippen MR) is 68.0 cm³/mol. The first-order valence-electron chi connectivity index (χ1n) is 6.44. The summed E-state index contributed by atoms with van der Waals surface area (Å²) in [5, 5.41) is 11.5. The lowest BCUT2D eigenvalue weighted by molar-refractivity contribution is -0.137. The summed E-state index contributed by atoms with van der Waals surface area (Å²) in [4.78, 5) is 23.8. The molecule has 2 amide bonds. The van der Waals surface area contributed by atoms with Crippen molar-refractivity contribution < 1.29 is 24.2 Å². The van der Waals surface area contributed by atoms with Gasteiger partial charge in [0.25, 0.3) is 0 Å². The minimum Gasteiger partial charge on any atom is -0.480 e. The van der Waals surface area contributed by atoms with Gasteiger partial charge in [0.2, 0.25) is 0 Å². The summed E-state index contributed by atoms with van der Waals surface area (Å²) in [7, 11) is 1.51. The van der Waals surface area contributed by atoms with E-state index in [0.717, 1.165) is 19.4 Å². The van der Waals surface area contributed by atoms with E-state index in [-0.39, 0.29) is 19.1 Å². The van der Waals surface area contributed by atoms with Crippen LogP contribution in [0.25, 0.3) is 0 Å². The average molecular weight is 274 g/mol. The summed E-state index contributed by atoms with van der Waals surface area (Å²) in [5.41, 5.74) is 0. The Morgan fingerprint density at radius 1 is 1.53 bits per heavy atom. The quantitative estimate of drug-likeness (QED) is 0.690. The van der Waals surface area contributed by atoms with E-state index in [1.165, 1.54) is 12.0 Å². The van der Waals surface area contributed by atoms with Crippen molar-refractivity contribution in [3.8, 4) is 0 Å². The zero-order chi connectivity index (χ0) is 14.1. The van der Waals surface area contributed by atoms with Crippen LogP contribution in [0.3, 0.4) is 0 Å². The van der Waals surface area contributed by atoms with Gasteiger partial charge in [0.1, 0.15) is 6.54 Å². The number of nitrogens with zero attached hydrogens (tertiary/aromatic N) is 1. The number of carbonyl (C=O) groups is 2. The van der Waals surface area contributed by atoms with Crippen LogP contribution in [0.15, 0.2) is 0 Å². The molecule has 0 spiro atoms. The van der Waals surface area contributed by atoms with Crippen molar-refractivity contribution in [3.05, 3.63) is 0 Å². The fourth-order valence-electron chi connectivity index (χ4n) is 1.93. The second kappa shape index (κ2) is 8.71. The first-order chi connectivity index (χ1) is 9.13. The number of aliphatic carboxylic acids is 1. The molecule has 1 unspecified atom stereocenters. The van der Waals surface area contributed by atoms with Crippen molar-refractivity contribution in [1.82, 2.24) is 10.2 Å². The molecule has 1 aliphatic rings. The Balaban J connectivity index is 2.34. The molecule has 19 heavy (non-hydrogen) atoms. The normalized spacial score (nSPS) is 18.9. The van der Waals surface area contributed by atoms with Crippen molar-refractivity contribution in [1.29, 1.82) is 0 Å². The highest BCUT2D eigenvalue weighted by Gasteiger charge is 2.19. The molecule has 1 aliphatic heterocycles. The molecule has 0 aromatic rings. The van der Waals surface area contributed by atoms with Gasteiger partial charge in [-0.25, -0.2) is 4.79 Å². The van der Waals surface area contributed by atoms with E-state index < -0.39 is 5.97 Å². The SMILES string of the molecule is COCCN(CC(=O)O)C(=O)NCC1CCCOC1. The first-order valence-corrected chi connectivity index (χ1v) is 6.44. The number of urea groups is 1. The van der Waals surface area contributed by atoms with E-state index in [2.05, 4.69) is 5.32 Å². The zero-order valence-corrected chi connectivity index (χ0v) is 11.3. The minimum absolute atomic E-state index is 0.260. The molecular weight excluding hydrogens is 252 g/mol. The maximum Gasteiger partial charge on any atom is 0.323 e. The molecule has 1 atom stereocenters. The molecular formula is C12H22N2O5. The molecule has 0 saturated carbocycles. The minimum atomic E-state index is -1.03. The van der Waals surface area contributed by atoms with Crippen LogP contribution < -0.4 is 5.32 Å². The molecule has 0 aromatic heterocycles. The molecule has 0 aliphatic carbocycles. The lowest BCUT2D eigenvalue weighted by atomic mass is 10.0. The van der Waals surface area contributed by atoms with Crippen molar-refractivity contribution in [2.24, 2.45) is 5.92 Å². The largest absolute Gasteiger partial charge is 0.480 e. The molecule has 7 heteroatoms. The van der Waals surface area contributed by atoms with E-state index in [0.29, 0.717) is 25.7 Å². The molecule has 1 saturated heterocycles. The van der Waals surface area contributed by atoms with Crippen LogP contribution >= 0.6 is 0 Å². The lowest BCUT2D eigenvalue weighted by Crippen LogP contribution is -2.46. The van der Waals surface area contributed by atoms with Crippen molar-refractivity contribution in [3.63, 3.8) is 0 Å². The number of amides is 2. The Morgan fingerprint density at radius 3 is 2.89 bits per heavy atom. The van der Waals surface area contributed by atoms with Crippen LogP contribution in [0.2, 0.25) is 0 Å². The van der Waals surface area contributed by atoms with Gasteiger partial charge in [-0.3, -0.25) is 4.79 Å². The first kappa shape index (κ1) is 15.7. The molecule has 0 bridgehead atoms. The van der Waals surface area contributed by atoms with E-state index in [4.69, 9.17) is 14.6 Å². The lowest BCUT2D eigenvalue weighted by Gasteiger charge is -2.25. The van der Waals surface area contributed by atoms with Gasteiger partial charge < -0.3 is 24.8 Å². The Kier molecular flexibility index (Phi) is 7.20. The van der Waals surface area contributed by atoms with Crippen molar-refractivity contribution in [2.75, 3.05) is 46.6 Å². The summed E-state index contributed by atoms with van der Waals surface area (Å²) in [6.07, 6.45) is 2.03. The molecule has 110 valence electrons. The molecule has 1 heterocycles. The molecule has 7 nitrogen and oxygen atoms in total. The number of carboxylic acid groups (broad SMARTS) is 1. The Morgan fingerprint density at radius 2 is 2.32 bits per heavy atom. The van der Waals surface area contributed by atoms with Gasteiger partial charge in [0.15, 0.2) is 0 Å². The van der Waals surface area contributed by atoms with E-state index in [1.54, 1.807) is 0 Å². The third-order valence-corrected chi connectivity index (χ3v) is 2.98. The number of carbonyl (C=O) groups excluding carboxylic acids is 1. The second-order valence-corrected chi connectivity index (χ2v) is 4.58. The molecule has 1 rings (SSSR count). The van der Waals surface area contributed by atoms with Crippen LogP contribution in [0.5, 0.6) is 0 Å². The number of hydrogen-bond acceptors (Lipinski definition) is 4. The third-order valence-electron chi connectivity index (χ3n) is 2.98. The monoisotopic (exact) mass is 274 g/mol. The number of ether oxygens (including phenoxy) is 2. The maximum absolute atomic E-state index is 11.9. The van der Waals surface area contributed by atoms with E-state index in [1.807, 2.05) is 0 Å². The van der Waals surface area contributed by atoms with Crippen LogP contribution in [-0.4, -0.2) is 68.6 Å². The van der Waals surface area contributed by atoms with Crippen LogP contribution in [0.4, 0.5) is 4.79 Å². The second-order valence-electron chi connectivity index (χ2n) is 4.58.